The molecule has 0 bridgehead atoms. The van der Waals surface area contributed by atoms with Crippen LogP contribution in [-0.4, -0.2) is 44.7 Å². The molecule has 0 aliphatic rings. The van der Waals surface area contributed by atoms with Gasteiger partial charge in [-0.1, -0.05) is 11.8 Å². The molecule has 2 aromatic heterocycles. The van der Waals surface area contributed by atoms with Crippen molar-refractivity contribution in [2.45, 2.75) is 5.16 Å². The molecule has 0 atom stereocenters. The third kappa shape index (κ3) is 4.78. The second kappa shape index (κ2) is 7.35. The Kier molecular flexibility index (Phi) is 5.25. The van der Waals surface area contributed by atoms with Gasteiger partial charge in [-0.25, -0.2) is 19.7 Å². The third-order valence-electron chi connectivity index (χ3n) is 2.39. The monoisotopic (exact) mass is 336 g/mol. The molecule has 23 heavy (non-hydrogen) atoms. The molecule has 2 rings (SSSR count). The Labute approximate surface area is 133 Å². The molecule has 120 valence electrons. The minimum atomic E-state index is -0.623. The summed E-state index contributed by atoms with van der Waals surface area (Å²) in [5.41, 5.74) is 5.07. The second-order valence-electron chi connectivity index (χ2n) is 4.09. The molecule has 0 aromatic carbocycles. The van der Waals surface area contributed by atoms with Crippen LogP contribution in [0, 0.1) is 0 Å². The Hall–Kier alpha value is -2.95. The minimum absolute atomic E-state index is 0.0210. The highest BCUT2D eigenvalue weighted by Crippen LogP contribution is 2.12. The first-order valence-electron chi connectivity index (χ1n) is 6.18. The Morgan fingerprint density at radius 3 is 2.78 bits per heavy atom. The molecule has 1 amide bonds. The van der Waals surface area contributed by atoms with Crippen molar-refractivity contribution in [2.75, 3.05) is 23.9 Å². The number of hydrogen-bond donors (Lipinski definition) is 3. The van der Waals surface area contributed by atoms with Gasteiger partial charge in [0.25, 0.3) is 5.56 Å². The Morgan fingerprint density at radius 1 is 1.39 bits per heavy atom. The van der Waals surface area contributed by atoms with Crippen LogP contribution in [0.5, 0.6) is 0 Å². The van der Waals surface area contributed by atoms with Gasteiger partial charge in [-0.3, -0.25) is 9.59 Å². The van der Waals surface area contributed by atoms with Gasteiger partial charge < -0.3 is 20.8 Å². The fraction of sp³-hybridized carbons (Fsp3) is 0.167. The summed E-state index contributed by atoms with van der Waals surface area (Å²) in [7, 11) is 1.23. The summed E-state index contributed by atoms with van der Waals surface area (Å²) in [5.74, 6) is -0.784. The lowest BCUT2D eigenvalue weighted by atomic mass is 10.4. The molecule has 0 saturated carbocycles. The summed E-state index contributed by atoms with van der Waals surface area (Å²) >= 11 is 1.01. The van der Waals surface area contributed by atoms with Crippen molar-refractivity contribution in [3.8, 4) is 0 Å². The number of amides is 1. The van der Waals surface area contributed by atoms with E-state index >= 15 is 0 Å². The first-order chi connectivity index (χ1) is 11.0. The van der Waals surface area contributed by atoms with Crippen LogP contribution in [0.25, 0.3) is 0 Å². The number of rotatable bonds is 5. The summed E-state index contributed by atoms with van der Waals surface area (Å²) < 4.78 is 4.49. The zero-order valence-corrected chi connectivity index (χ0v) is 12.7. The maximum absolute atomic E-state index is 11.8. The van der Waals surface area contributed by atoms with E-state index in [0.29, 0.717) is 0 Å². The van der Waals surface area contributed by atoms with Gasteiger partial charge in [0.2, 0.25) is 5.91 Å². The fourth-order valence-electron chi connectivity index (χ4n) is 1.44. The average molecular weight is 336 g/mol. The zero-order valence-electron chi connectivity index (χ0n) is 11.9. The number of hydrogen-bond acceptors (Lipinski definition) is 9. The molecule has 0 fully saturated rings. The minimum Gasteiger partial charge on any atom is -0.464 e. The average Bonchev–Trinajstić information content (AvgIpc) is 2.52. The smallest absolute Gasteiger partial charge is 0.358 e. The number of carbonyl (C=O) groups is 2. The number of thioether (sulfide) groups is 1. The highest BCUT2D eigenvalue weighted by Gasteiger charge is 2.10. The number of esters is 1. The molecule has 4 N–H and O–H groups in total. The maximum atomic E-state index is 11.8. The zero-order chi connectivity index (χ0) is 16.8. The summed E-state index contributed by atoms with van der Waals surface area (Å²) in [5, 5.41) is 2.72. The van der Waals surface area contributed by atoms with Crippen LogP contribution in [0.2, 0.25) is 0 Å². The Bertz CT molecular complexity index is 776. The van der Waals surface area contributed by atoms with Crippen molar-refractivity contribution in [3.63, 3.8) is 0 Å². The SMILES string of the molecule is COC(=O)c1cnc(NC(=O)CSc2nc(N)cc(=O)[nH]2)cn1. The van der Waals surface area contributed by atoms with Crippen molar-refractivity contribution >= 4 is 35.3 Å². The lowest BCUT2D eigenvalue weighted by Crippen LogP contribution is -2.17. The van der Waals surface area contributed by atoms with E-state index in [1.807, 2.05) is 0 Å². The van der Waals surface area contributed by atoms with E-state index in [4.69, 9.17) is 5.73 Å². The second-order valence-corrected chi connectivity index (χ2v) is 5.05. The highest BCUT2D eigenvalue weighted by molar-refractivity contribution is 7.99. The van der Waals surface area contributed by atoms with Crippen LogP contribution >= 0.6 is 11.8 Å². The van der Waals surface area contributed by atoms with Crippen LogP contribution < -0.4 is 16.6 Å². The van der Waals surface area contributed by atoms with Crippen LogP contribution in [0.3, 0.4) is 0 Å². The molecule has 0 spiro atoms. The number of aromatic amines is 1. The predicted octanol–water partition coefficient (Wildman–Crippen LogP) is -0.341. The van der Waals surface area contributed by atoms with Gasteiger partial charge in [-0.2, -0.15) is 0 Å². The lowest BCUT2D eigenvalue weighted by molar-refractivity contribution is -0.113. The molecule has 2 aromatic rings. The number of carbonyl (C=O) groups excluding carboxylic acids is 2. The van der Waals surface area contributed by atoms with Crippen molar-refractivity contribution < 1.29 is 14.3 Å². The van der Waals surface area contributed by atoms with Crippen molar-refractivity contribution in [3.05, 3.63) is 34.5 Å². The van der Waals surface area contributed by atoms with Crippen molar-refractivity contribution in [1.82, 2.24) is 19.9 Å². The number of nitrogens with one attached hydrogen (secondary N) is 2. The van der Waals surface area contributed by atoms with Crippen molar-refractivity contribution in [2.24, 2.45) is 0 Å². The molecule has 2 heterocycles. The van der Waals surface area contributed by atoms with Gasteiger partial charge in [0.05, 0.1) is 25.3 Å². The summed E-state index contributed by atoms with van der Waals surface area (Å²) in [6.07, 6.45) is 2.42. The summed E-state index contributed by atoms with van der Waals surface area (Å²) in [6.45, 7) is 0. The molecular weight excluding hydrogens is 324 g/mol. The van der Waals surface area contributed by atoms with Gasteiger partial charge in [-0.15, -0.1) is 0 Å². The van der Waals surface area contributed by atoms with E-state index in [9.17, 15) is 14.4 Å². The summed E-state index contributed by atoms with van der Waals surface area (Å²) in [4.78, 5) is 48.2. The number of ether oxygens (including phenoxy) is 1. The van der Waals surface area contributed by atoms with E-state index in [2.05, 4.69) is 30.0 Å². The molecule has 10 nitrogen and oxygen atoms in total. The largest absolute Gasteiger partial charge is 0.464 e. The topological polar surface area (TPSA) is 153 Å². The number of nitrogen functional groups attached to an aromatic ring is 1. The van der Waals surface area contributed by atoms with Gasteiger partial charge >= 0.3 is 5.97 Å². The van der Waals surface area contributed by atoms with Crippen LogP contribution in [0.1, 0.15) is 10.5 Å². The van der Waals surface area contributed by atoms with Gasteiger partial charge in [0.1, 0.15) is 5.82 Å². The standard InChI is InChI=1S/C12H12N6O4S/c1-22-11(21)6-3-15-8(4-14-6)17-10(20)5-23-12-16-7(13)2-9(19)18-12/h2-4H,5H2,1H3,(H,15,17,20)(H3,13,16,18,19). The van der Waals surface area contributed by atoms with E-state index in [0.717, 1.165) is 17.8 Å². The third-order valence-corrected chi connectivity index (χ3v) is 3.27. The predicted molar refractivity (Wildman–Crippen MR) is 82.0 cm³/mol. The number of H-pyrrole nitrogens is 1. The molecular formula is C12H12N6O4S. The number of nitrogens with two attached hydrogens (primary N) is 1. The molecule has 0 aliphatic carbocycles. The lowest BCUT2D eigenvalue weighted by Gasteiger charge is -2.04. The van der Waals surface area contributed by atoms with E-state index in [1.165, 1.54) is 19.5 Å². The van der Waals surface area contributed by atoms with E-state index < -0.39 is 11.5 Å². The Morgan fingerprint density at radius 2 is 2.17 bits per heavy atom. The van der Waals surface area contributed by atoms with Gasteiger partial charge in [-0.05, 0) is 0 Å². The fourth-order valence-corrected chi connectivity index (χ4v) is 2.12. The van der Waals surface area contributed by atoms with Gasteiger partial charge in [0, 0.05) is 6.07 Å². The number of methoxy groups -OCH3 is 1. The van der Waals surface area contributed by atoms with E-state index in [1.54, 1.807) is 0 Å². The molecule has 0 radical (unpaired) electrons. The van der Waals surface area contributed by atoms with Crippen LogP contribution in [0.4, 0.5) is 11.6 Å². The number of nitrogens with zero attached hydrogens (tertiary/aromatic N) is 3. The molecule has 0 saturated heterocycles. The number of aromatic nitrogens is 4. The van der Waals surface area contributed by atoms with E-state index in [-0.39, 0.29) is 34.1 Å². The first-order valence-corrected chi connectivity index (χ1v) is 7.16. The first kappa shape index (κ1) is 16.4. The quantitative estimate of drug-likeness (QED) is 0.378. The van der Waals surface area contributed by atoms with Crippen molar-refractivity contribution in [1.29, 1.82) is 0 Å². The molecule has 0 aliphatic heterocycles. The van der Waals surface area contributed by atoms with Gasteiger partial charge in [0.15, 0.2) is 16.7 Å². The normalized spacial score (nSPS) is 10.1. The summed E-state index contributed by atoms with van der Waals surface area (Å²) in [6, 6.07) is 1.14. The van der Waals surface area contributed by atoms with Crippen LogP contribution in [-0.2, 0) is 9.53 Å². The molecule has 11 heteroatoms. The Balaban J connectivity index is 1.91. The maximum Gasteiger partial charge on any atom is 0.358 e. The van der Waals surface area contributed by atoms with Crippen LogP contribution in [0.15, 0.2) is 28.4 Å². The number of anilines is 2. The molecule has 0 unspecified atom stereocenters. The highest BCUT2D eigenvalue weighted by atomic mass is 32.2.